The lowest BCUT2D eigenvalue weighted by atomic mass is 9.99. The van der Waals surface area contributed by atoms with E-state index in [0.717, 1.165) is 10.0 Å². The van der Waals surface area contributed by atoms with Crippen LogP contribution in [0.5, 0.6) is 0 Å². The summed E-state index contributed by atoms with van der Waals surface area (Å²) in [5.74, 6) is -0.281. The zero-order valence-corrected chi connectivity index (χ0v) is 17.0. The highest BCUT2D eigenvalue weighted by Gasteiger charge is 2.44. The summed E-state index contributed by atoms with van der Waals surface area (Å²) in [5, 5.41) is 0.736. The average Bonchev–Trinajstić information content (AvgIpc) is 3.03. The lowest BCUT2D eigenvalue weighted by Crippen LogP contribution is -2.31. The summed E-state index contributed by atoms with van der Waals surface area (Å²) in [6, 6.07) is 13.1. The number of anilines is 1. The van der Waals surface area contributed by atoms with Crippen LogP contribution >= 0.6 is 27.5 Å². The Labute approximate surface area is 177 Å². The lowest BCUT2D eigenvalue weighted by molar-refractivity contribution is 0.0969. The Morgan fingerprint density at radius 2 is 1.76 bits per heavy atom. The first-order chi connectivity index (χ1) is 14.0. The quantitative estimate of drug-likeness (QED) is 0.424. The number of hydrogen-bond acceptors (Lipinski definition) is 5. The minimum atomic E-state index is -0.715. The highest BCUT2D eigenvalue weighted by atomic mass is 79.9. The number of benzene rings is 2. The Morgan fingerprint density at radius 3 is 2.48 bits per heavy atom. The van der Waals surface area contributed by atoms with Crippen LogP contribution in [-0.2, 0) is 0 Å². The third-order valence-corrected chi connectivity index (χ3v) is 5.55. The minimum Gasteiger partial charge on any atom is -0.450 e. The van der Waals surface area contributed by atoms with Crippen LogP contribution in [0.4, 0.5) is 5.95 Å². The van der Waals surface area contributed by atoms with Gasteiger partial charge in [-0.3, -0.25) is 14.5 Å². The molecule has 2 aromatic carbocycles. The third kappa shape index (κ3) is 2.85. The van der Waals surface area contributed by atoms with Crippen molar-refractivity contribution >= 4 is 50.4 Å². The molecule has 1 unspecified atom stereocenters. The number of hydrogen-bond donors (Lipinski definition) is 0. The van der Waals surface area contributed by atoms with Gasteiger partial charge >= 0.3 is 0 Å². The largest absolute Gasteiger partial charge is 0.450 e. The van der Waals surface area contributed by atoms with E-state index >= 15 is 0 Å². The Morgan fingerprint density at radius 1 is 1.03 bits per heavy atom. The maximum atomic E-state index is 13.4. The number of halogens is 2. The van der Waals surface area contributed by atoms with E-state index in [2.05, 4.69) is 25.9 Å². The normalized spacial score (nSPS) is 15.7. The standard InChI is InChI=1S/C21H11BrClN3O3/c22-12-4-2-11(3-5-12)17-16-18(27)14-10-13(23)6-7-15(14)29-19(16)20(28)26(17)21-24-8-1-9-25-21/h1-10,17H. The summed E-state index contributed by atoms with van der Waals surface area (Å²) in [5.41, 5.74) is 0.987. The predicted octanol–water partition coefficient (Wildman–Crippen LogP) is 4.75. The topological polar surface area (TPSA) is 76.3 Å². The van der Waals surface area contributed by atoms with Crippen molar-refractivity contribution in [3.8, 4) is 0 Å². The number of fused-ring (bicyclic) bond motifs is 2. The second-order valence-corrected chi connectivity index (χ2v) is 7.84. The SMILES string of the molecule is O=C1c2oc3ccc(Cl)cc3c(=O)c2C(c2ccc(Br)cc2)N1c1ncccn1. The first-order valence-corrected chi connectivity index (χ1v) is 9.84. The second-order valence-electron chi connectivity index (χ2n) is 6.49. The van der Waals surface area contributed by atoms with Gasteiger partial charge < -0.3 is 4.42 Å². The van der Waals surface area contributed by atoms with Gasteiger partial charge in [-0.25, -0.2) is 9.97 Å². The first kappa shape index (κ1) is 18.0. The number of nitrogens with zero attached hydrogens (tertiary/aromatic N) is 3. The Balaban J connectivity index is 1.83. The van der Waals surface area contributed by atoms with Crippen LogP contribution in [0, 0.1) is 0 Å². The minimum absolute atomic E-state index is 0.00908. The molecule has 0 saturated carbocycles. The van der Waals surface area contributed by atoms with Gasteiger partial charge in [-0.2, -0.15) is 0 Å². The number of aromatic nitrogens is 2. The molecular formula is C21H11BrClN3O3. The third-order valence-electron chi connectivity index (χ3n) is 4.79. The van der Waals surface area contributed by atoms with E-state index in [-0.39, 0.29) is 22.7 Å². The molecule has 29 heavy (non-hydrogen) atoms. The summed E-state index contributed by atoms with van der Waals surface area (Å²) in [6.45, 7) is 0. The van der Waals surface area contributed by atoms with Gasteiger partial charge in [-0.1, -0.05) is 39.7 Å². The zero-order chi connectivity index (χ0) is 20.1. The fourth-order valence-corrected chi connectivity index (χ4v) is 3.96. The van der Waals surface area contributed by atoms with Gasteiger partial charge in [0.25, 0.3) is 5.91 Å². The molecule has 0 N–H and O–H groups in total. The van der Waals surface area contributed by atoms with Gasteiger partial charge in [0.1, 0.15) is 5.58 Å². The van der Waals surface area contributed by atoms with Crippen LogP contribution in [-0.4, -0.2) is 15.9 Å². The smallest absolute Gasteiger partial charge is 0.297 e. The van der Waals surface area contributed by atoms with Gasteiger partial charge in [0, 0.05) is 21.9 Å². The van der Waals surface area contributed by atoms with E-state index in [9.17, 15) is 9.59 Å². The Bertz CT molecular complexity index is 1320. The molecule has 8 heteroatoms. The molecule has 0 bridgehead atoms. The van der Waals surface area contributed by atoms with Crippen molar-refractivity contribution in [2.24, 2.45) is 0 Å². The van der Waals surface area contributed by atoms with E-state index < -0.39 is 11.9 Å². The molecule has 1 aliphatic heterocycles. The Hall–Kier alpha value is -3.03. The second kappa shape index (κ2) is 6.79. The summed E-state index contributed by atoms with van der Waals surface area (Å²) >= 11 is 9.50. The van der Waals surface area contributed by atoms with E-state index in [4.69, 9.17) is 16.0 Å². The molecule has 142 valence electrons. The fourth-order valence-electron chi connectivity index (χ4n) is 3.53. The molecule has 2 aromatic heterocycles. The summed E-state index contributed by atoms with van der Waals surface area (Å²) in [6.07, 6.45) is 3.09. The molecule has 0 aliphatic carbocycles. The van der Waals surface area contributed by atoms with Gasteiger partial charge in [0.15, 0.2) is 5.43 Å². The molecule has 3 heterocycles. The van der Waals surface area contributed by atoms with Gasteiger partial charge in [-0.15, -0.1) is 0 Å². The van der Waals surface area contributed by atoms with E-state index in [0.29, 0.717) is 16.0 Å². The molecule has 1 aliphatic rings. The van der Waals surface area contributed by atoms with Crippen molar-refractivity contribution in [2.75, 3.05) is 4.90 Å². The summed E-state index contributed by atoms with van der Waals surface area (Å²) in [4.78, 5) is 36.5. The van der Waals surface area contributed by atoms with Crippen molar-refractivity contribution in [3.63, 3.8) is 0 Å². The molecule has 0 saturated heterocycles. The van der Waals surface area contributed by atoms with Crippen molar-refractivity contribution in [1.29, 1.82) is 0 Å². The average molecular weight is 469 g/mol. The summed E-state index contributed by atoms with van der Waals surface area (Å²) < 4.78 is 6.75. The van der Waals surface area contributed by atoms with Crippen molar-refractivity contribution in [1.82, 2.24) is 9.97 Å². The van der Waals surface area contributed by atoms with Crippen molar-refractivity contribution < 1.29 is 9.21 Å². The maximum Gasteiger partial charge on any atom is 0.297 e. The zero-order valence-electron chi connectivity index (χ0n) is 14.7. The molecule has 6 nitrogen and oxygen atoms in total. The summed E-state index contributed by atoms with van der Waals surface area (Å²) in [7, 11) is 0. The van der Waals surface area contributed by atoms with Crippen molar-refractivity contribution in [2.45, 2.75) is 6.04 Å². The Kier molecular flexibility index (Phi) is 4.22. The molecule has 4 aromatic rings. The fraction of sp³-hybridized carbons (Fsp3) is 0.0476. The molecule has 1 amide bonds. The van der Waals surface area contributed by atoms with Gasteiger partial charge in [0.2, 0.25) is 11.7 Å². The number of carbonyl (C=O) groups excluding carboxylic acids is 1. The van der Waals surface area contributed by atoms with Crippen LogP contribution in [0.2, 0.25) is 5.02 Å². The molecular weight excluding hydrogens is 458 g/mol. The highest BCUT2D eigenvalue weighted by molar-refractivity contribution is 9.10. The van der Waals surface area contributed by atoms with Gasteiger partial charge in [-0.05, 0) is 42.0 Å². The predicted molar refractivity (Wildman–Crippen MR) is 112 cm³/mol. The van der Waals surface area contributed by atoms with E-state index in [1.807, 2.05) is 24.3 Å². The van der Waals surface area contributed by atoms with Crippen LogP contribution in [0.15, 0.2) is 74.6 Å². The molecule has 1 atom stereocenters. The van der Waals surface area contributed by atoms with Gasteiger partial charge in [0.05, 0.1) is 17.0 Å². The lowest BCUT2D eigenvalue weighted by Gasteiger charge is -2.23. The molecule has 0 spiro atoms. The van der Waals surface area contributed by atoms with Crippen molar-refractivity contribution in [3.05, 3.63) is 97.5 Å². The van der Waals surface area contributed by atoms with Crippen LogP contribution in [0.3, 0.4) is 0 Å². The first-order valence-electron chi connectivity index (χ1n) is 8.67. The molecule has 0 radical (unpaired) electrons. The van der Waals surface area contributed by atoms with Crippen LogP contribution < -0.4 is 10.3 Å². The highest BCUT2D eigenvalue weighted by Crippen LogP contribution is 2.40. The maximum absolute atomic E-state index is 13.4. The monoisotopic (exact) mass is 467 g/mol. The number of amides is 1. The van der Waals surface area contributed by atoms with E-state index in [1.165, 1.54) is 4.90 Å². The van der Waals surface area contributed by atoms with Crippen LogP contribution in [0.1, 0.15) is 27.7 Å². The van der Waals surface area contributed by atoms with Crippen LogP contribution in [0.25, 0.3) is 11.0 Å². The number of carbonyl (C=O) groups is 1. The molecule has 5 rings (SSSR count). The van der Waals surface area contributed by atoms with E-state index in [1.54, 1.807) is 36.7 Å². The number of rotatable bonds is 2. The molecule has 0 fully saturated rings.